The standard InChI is InChI=1S/C26H20Br2ClN3O4S/c1-2-11-31-25(33)23(37-26(31)30-19-7-5-18(29)6-8-19)14-17-12-21(27)24(22(28)13-17)36-15-16-3-9-20(10-4-16)32(34)35/h3-10,12-14H,2,11,15H2,1H3/b23-14-,30-26?. The molecule has 0 saturated carbocycles. The van der Waals surface area contributed by atoms with Gasteiger partial charge in [-0.2, -0.15) is 0 Å². The molecule has 3 aromatic rings. The van der Waals surface area contributed by atoms with Crippen molar-refractivity contribution in [2.75, 3.05) is 6.54 Å². The first-order valence-corrected chi connectivity index (χ1v) is 13.9. The molecule has 1 saturated heterocycles. The van der Waals surface area contributed by atoms with E-state index in [1.807, 2.05) is 37.3 Å². The number of halogens is 3. The Morgan fingerprint density at radius 1 is 1.11 bits per heavy atom. The van der Waals surface area contributed by atoms with Gasteiger partial charge in [0.05, 0.1) is 24.5 Å². The van der Waals surface area contributed by atoms with Gasteiger partial charge in [-0.1, -0.05) is 18.5 Å². The van der Waals surface area contributed by atoms with Gasteiger partial charge < -0.3 is 4.74 Å². The van der Waals surface area contributed by atoms with Gasteiger partial charge >= 0.3 is 0 Å². The van der Waals surface area contributed by atoms with E-state index in [0.29, 0.717) is 36.3 Å². The number of aliphatic imine (C=N–C) groups is 1. The molecule has 3 aromatic carbocycles. The van der Waals surface area contributed by atoms with Crippen LogP contribution in [0.5, 0.6) is 5.75 Å². The van der Waals surface area contributed by atoms with Gasteiger partial charge in [0, 0.05) is 23.7 Å². The lowest BCUT2D eigenvalue weighted by molar-refractivity contribution is -0.384. The molecule has 1 aliphatic rings. The lowest BCUT2D eigenvalue weighted by atomic mass is 10.2. The molecule has 0 aromatic heterocycles. The predicted molar refractivity (Wildman–Crippen MR) is 155 cm³/mol. The Labute approximate surface area is 240 Å². The first-order valence-electron chi connectivity index (χ1n) is 11.2. The van der Waals surface area contributed by atoms with E-state index in [9.17, 15) is 14.9 Å². The number of amides is 1. The summed E-state index contributed by atoms with van der Waals surface area (Å²) in [4.78, 5) is 30.5. The van der Waals surface area contributed by atoms with Gasteiger partial charge in [0.25, 0.3) is 11.6 Å². The maximum Gasteiger partial charge on any atom is 0.269 e. The van der Waals surface area contributed by atoms with E-state index in [1.54, 1.807) is 29.2 Å². The number of carbonyl (C=O) groups is 1. The number of hydrogen-bond donors (Lipinski definition) is 0. The van der Waals surface area contributed by atoms with Crippen molar-refractivity contribution in [1.82, 2.24) is 4.90 Å². The minimum Gasteiger partial charge on any atom is -0.487 e. The molecule has 0 bridgehead atoms. The van der Waals surface area contributed by atoms with Crippen molar-refractivity contribution in [1.29, 1.82) is 0 Å². The van der Waals surface area contributed by atoms with Gasteiger partial charge in [0.1, 0.15) is 12.4 Å². The molecular formula is C26H20Br2ClN3O4S. The average Bonchev–Trinajstić information content (AvgIpc) is 3.14. The summed E-state index contributed by atoms with van der Waals surface area (Å²) in [5.74, 6) is 0.494. The van der Waals surface area contributed by atoms with Gasteiger partial charge in [-0.25, -0.2) is 4.99 Å². The number of nitro benzene ring substituents is 1. The van der Waals surface area contributed by atoms with Crippen molar-refractivity contribution in [2.45, 2.75) is 20.0 Å². The normalized spacial score (nSPS) is 15.6. The fraction of sp³-hybridized carbons (Fsp3) is 0.154. The highest BCUT2D eigenvalue weighted by Gasteiger charge is 2.32. The highest BCUT2D eigenvalue weighted by molar-refractivity contribution is 9.11. The Hall–Kier alpha value is -2.66. The van der Waals surface area contributed by atoms with Gasteiger partial charge in [-0.3, -0.25) is 19.8 Å². The van der Waals surface area contributed by atoms with E-state index in [1.165, 1.54) is 23.9 Å². The molecule has 0 radical (unpaired) electrons. The van der Waals surface area contributed by atoms with Gasteiger partial charge in [-0.15, -0.1) is 0 Å². The first kappa shape index (κ1) is 27.4. The Morgan fingerprint density at radius 2 is 1.76 bits per heavy atom. The number of nitrogens with zero attached hydrogens (tertiary/aromatic N) is 3. The largest absolute Gasteiger partial charge is 0.487 e. The number of amidine groups is 1. The third-order valence-electron chi connectivity index (χ3n) is 5.24. The number of thioether (sulfide) groups is 1. The van der Waals surface area contributed by atoms with Crippen LogP contribution in [-0.2, 0) is 11.4 Å². The van der Waals surface area contributed by atoms with Crippen molar-refractivity contribution in [3.63, 3.8) is 0 Å². The summed E-state index contributed by atoms with van der Waals surface area (Å²) >= 11 is 14.4. The van der Waals surface area contributed by atoms with Crippen LogP contribution < -0.4 is 4.74 Å². The summed E-state index contributed by atoms with van der Waals surface area (Å²) in [6.07, 6.45) is 2.63. The molecule has 0 atom stereocenters. The summed E-state index contributed by atoms with van der Waals surface area (Å²) in [6, 6.07) is 17.1. The van der Waals surface area contributed by atoms with Crippen LogP contribution in [0.2, 0.25) is 5.02 Å². The van der Waals surface area contributed by atoms with Crippen molar-refractivity contribution >= 4 is 83.7 Å². The van der Waals surface area contributed by atoms with Crippen molar-refractivity contribution in [3.8, 4) is 5.75 Å². The summed E-state index contributed by atoms with van der Waals surface area (Å²) in [6.45, 7) is 2.82. The molecule has 1 aliphatic heterocycles. The molecule has 11 heteroatoms. The Bertz CT molecular complexity index is 1370. The smallest absolute Gasteiger partial charge is 0.269 e. The van der Waals surface area contributed by atoms with Crippen molar-refractivity contribution in [3.05, 3.63) is 101 Å². The fourth-order valence-corrected chi connectivity index (χ4v) is 6.06. The van der Waals surface area contributed by atoms with Gasteiger partial charge in [0.15, 0.2) is 5.17 Å². The van der Waals surface area contributed by atoms with Crippen LogP contribution >= 0.6 is 55.2 Å². The van der Waals surface area contributed by atoms with Crippen LogP contribution in [0, 0.1) is 10.1 Å². The summed E-state index contributed by atoms with van der Waals surface area (Å²) < 4.78 is 7.35. The third kappa shape index (κ3) is 6.81. The van der Waals surface area contributed by atoms with E-state index < -0.39 is 4.92 Å². The quantitative estimate of drug-likeness (QED) is 0.137. The zero-order valence-corrected chi connectivity index (χ0v) is 24.2. The van der Waals surface area contributed by atoms with Gasteiger partial charge in [0.2, 0.25) is 0 Å². The van der Waals surface area contributed by atoms with Crippen molar-refractivity contribution in [2.24, 2.45) is 4.99 Å². The van der Waals surface area contributed by atoms with E-state index in [0.717, 1.165) is 23.2 Å². The molecule has 1 amide bonds. The molecule has 1 fully saturated rings. The number of nitro groups is 1. The second-order valence-electron chi connectivity index (χ2n) is 7.96. The lowest BCUT2D eigenvalue weighted by Crippen LogP contribution is -2.29. The minimum atomic E-state index is -0.438. The highest BCUT2D eigenvalue weighted by atomic mass is 79.9. The monoisotopic (exact) mass is 663 g/mol. The number of benzene rings is 3. The summed E-state index contributed by atoms with van der Waals surface area (Å²) in [7, 11) is 0. The molecule has 0 unspecified atom stereocenters. The number of hydrogen-bond acceptors (Lipinski definition) is 6. The number of carbonyl (C=O) groups excluding carboxylic acids is 1. The molecule has 190 valence electrons. The maximum absolute atomic E-state index is 13.2. The van der Waals surface area contributed by atoms with Crippen LogP contribution in [0.4, 0.5) is 11.4 Å². The van der Waals surface area contributed by atoms with E-state index in [4.69, 9.17) is 16.3 Å². The fourth-order valence-electron chi connectivity index (χ4n) is 3.46. The van der Waals surface area contributed by atoms with Crippen LogP contribution in [-0.4, -0.2) is 27.4 Å². The Morgan fingerprint density at radius 3 is 2.35 bits per heavy atom. The van der Waals surface area contributed by atoms with Crippen LogP contribution in [0.25, 0.3) is 6.08 Å². The van der Waals surface area contributed by atoms with E-state index in [-0.39, 0.29) is 18.2 Å². The second-order valence-corrected chi connectivity index (χ2v) is 11.1. The molecule has 0 aliphatic carbocycles. The van der Waals surface area contributed by atoms with Gasteiger partial charge in [-0.05, 0) is 116 Å². The second kappa shape index (κ2) is 12.3. The van der Waals surface area contributed by atoms with E-state index >= 15 is 0 Å². The lowest BCUT2D eigenvalue weighted by Gasteiger charge is -2.14. The van der Waals surface area contributed by atoms with Crippen molar-refractivity contribution < 1.29 is 14.5 Å². The molecule has 0 spiro atoms. The summed E-state index contributed by atoms with van der Waals surface area (Å²) in [5, 5.41) is 12.1. The topological polar surface area (TPSA) is 85.0 Å². The Balaban J connectivity index is 1.53. The predicted octanol–water partition coefficient (Wildman–Crippen LogP) is 8.37. The molecule has 37 heavy (non-hydrogen) atoms. The third-order valence-corrected chi connectivity index (χ3v) is 7.67. The molecule has 7 nitrogen and oxygen atoms in total. The highest BCUT2D eigenvalue weighted by Crippen LogP contribution is 2.39. The molecule has 1 heterocycles. The summed E-state index contributed by atoms with van der Waals surface area (Å²) in [5.41, 5.74) is 2.36. The first-order chi connectivity index (χ1) is 17.7. The van der Waals surface area contributed by atoms with Crippen LogP contribution in [0.3, 0.4) is 0 Å². The zero-order valence-electron chi connectivity index (χ0n) is 19.5. The SMILES string of the molecule is CCCN1C(=O)/C(=C/c2cc(Br)c(OCc3ccc([N+](=O)[O-])cc3)c(Br)c2)SC1=Nc1ccc(Cl)cc1. The number of rotatable bonds is 8. The molecular weight excluding hydrogens is 646 g/mol. The minimum absolute atomic E-state index is 0.0294. The molecule has 0 N–H and O–H groups in total. The number of non-ortho nitro benzene ring substituents is 1. The Kier molecular flexibility index (Phi) is 9.07. The average molecular weight is 666 g/mol. The van der Waals surface area contributed by atoms with Crippen LogP contribution in [0.1, 0.15) is 24.5 Å². The molecule has 4 rings (SSSR count). The maximum atomic E-state index is 13.2. The van der Waals surface area contributed by atoms with Crippen LogP contribution in [0.15, 0.2) is 79.5 Å². The van der Waals surface area contributed by atoms with E-state index in [2.05, 4.69) is 36.9 Å². The number of ether oxygens (including phenoxy) is 1. The zero-order chi connectivity index (χ0) is 26.5.